The molecule has 5 nitrogen and oxygen atoms in total. The summed E-state index contributed by atoms with van der Waals surface area (Å²) < 4.78 is 11.4. The van der Waals surface area contributed by atoms with Crippen molar-refractivity contribution in [1.29, 1.82) is 5.26 Å². The SMILES string of the molecule is N#CC1=C(N)Oc2cc(OC(=O)c3cccc4ccccc34)ccc2C1c1ccc(Cl)cc1. The maximum Gasteiger partial charge on any atom is 0.344 e. The van der Waals surface area contributed by atoms with Gasteiger partial charge in [-0.05, 0) is 40.6 Å². The highest BCUT2D eigenvalue weighted by atomic mass is 35.5. The third-order valence-corrected chi connectivity index (χ3v) is 5.87. The number of benzene rings is 4. The molecule has 0 fully saturated rings. The van der Waals surface area contributed by atoms with Gasteiger partial charge in [0.25, 0.3) is 0 Å². The highest BCUT2D eigenvalue weighted by molar-refractivity contribution is 6.30. The van der Waals surface area contributed by atoms with Crippen LogP contribution in [0, 0.1) is 11.3 Å². The number of allylic oxidation sites excluding steroid dienone is 1. The van der Waals surface area contributed by atoms with Gasteiger partial charge in [-0.1, -0.05) is 66.2 Å². The molecule has 1 heterocycles. The van der Waals surface area contributed by atoms with Crippen LogP contribution in [-0.4, -0.2) is 5.97 Å². The quantitative estimate of drug-likeness (QED) is 0.307. The molecule has 4 aromatic rings. The molecule has 5 rings (SSSR count). The minimum Gasteiger partial charge on any atom is -0.440 e. The standard InChI is InChI=1S/C27H17ClN2O3/c28-18-10-8-17(9-11-18)25-22-13-12-19(14-24(22)33-26(30)23(25)15-29)32-27(31)21-7-3-5-16-4-1-2-6-20(16)21/h1-14,25H,30H2. The Hall–Kier alpha value is -4.27. The summed E-state index contributed by atoms with van der Waals surface area (Å²) in [5.74, 6) is -0.135. The van der Waals surface area contributed by atoms with Gasteiger partial charge >= 0.3 is 5.97 Å². The first-order valence-electron chi connectivity index (χ1n) is 10.2. The lowest BCUT2D eigenvalue weighted by molar-refractivity contribution is 0.0736. The van der Waals surface area contributed by atoms with E-state index in [1.54, 1.807) is 36.4 Å². The highest BCUT2D eigenvalue weighted by Gasteiger charge is 2.31. The van der Waals surface area contributed by atoms with Gasteiger partial charge in [0, 0.05) is 16.7 Å². The molecule has 1 aliphatic heterocycles. The third-order valence-electron chi connectivity index (χ3n) is 5.61. The number of carbonyl (C=O) groups excluding carboxylic acids is 1. The summed E-state index contributed by atoms with van der Waals surface area (Å²) in [5.41, 5.74) is 8.44. The van der Waals surface area contributed by atoms with E-state index in [0.717, 1.165) is 21.9 Å². The van der Waals surface area contributed by atoms with Crippen molar-refractivity contribution in [3.63, 3.8) is 0 Å². The second-order valence-corrected chi connectivity index (χ2v) is 8.03. The fourth-order valence-electron chi connectivity index (χ4n) is 4.06. The zero-order valence-corrected chi connectivity index (χ0v) is 18.0. The molecule has 0 spiro atoms. The van der Waals surface area contributed by atoms with Gasteiger partial charge in [0.05, 0.1) is 11.5 Å². The molecule has 4 aromatic carbocycles. The number of rotatable bonds is 3. The zero-order valence-electron chi connectivity index (χ0n) is 17.3. The lowest BCUT2D eigenvalue weighted by Crippen LogP contribution is -2.21. The summed E-state index contributed by atoms with van der Waals surface area (Å²) in [4.78, 5) is 12.9. The summed E-state index contributed by atoms with van der Waals surface area (Å²) in [6.45, 7) is 0. The Balaban J connectivity index is 1.50. The van der Waals surface area contributed by atoms with Crippen LogP contribution in [0.2, 0.25) is 5.02 Å². The van der Waals surface area contributed by atoms with Crippen LogP contribution in [0.4, 0.5) is 0 Å². The van der Waals surface area contributed by atoms with Gasteiger partial charge in [-0.2, -0.15) is 5.26 Å². The Morgan fingerprint density at radius 1 is 1.00 bits per heavy atom. The lowest BCUT2D eigenvalue weighted by atomic mass is 9.83. The number of nitriles is 1. The Morgan fingerprint density at radius 3 is 2.55 bits per heavy atom. The smallest absolute Gasteiger partial charge is 0.344 e. The van der Waals surface area contributed by atoms with Crippen LogP contribution >= 0.6 is 11.6 Å². The van der Waals surface area contributed by atoms with Crippen LogP contribution in [0.3, 0.4) is 0 Å². The predicted molar refractivity (Wildman–Crippen MR) is 126 cm³/mol. The zero-order chi connectivity index (χ0) is 22.9. The van der Waals surface area contributed by atoms with Crippen molar-refractivity contribution in [2.24, 2.45) is 5.73 Å². The largest absolute Gasteiger partial charge is 0.440 e. The van der Waals surface area contributed by atoms with Crippen molar-refractivity contribution in [2.75, 3.05) is 0 Å². The van der Waals surface area contributed by atoms with Crippen molar-refractivity contribution in [3.05, 3.63) is 118 Å². The van der Waals surface area contributed by atoms with E-state index in [4.69, 9.17) is 26.8 Å². The molecule has 0 saturated heterocycles. The molecular formula is C27H17ClN2O3. The number of carbonyl (C=O) groups is 1. The minimum absolute atomic E-state index is 0.0162. The number of hydrogen-bond donors (Lipinski definition) is 1. The van der Waals surface area contributed by atoms with Gasteiger partial charge < -0.3 is 15.2 Å². The van der Waals surface area contributed by atoms with Gasteiger partial charge in [-0.25, -0.2) is 4.79 Å². The second kappa shape index (κ2) is 8.34. The van der Waals surface area contributed by atoms with Crippen molar-refractivity contribution >= 4 is 28.3 Å². The van der Waals surface area contributed by atoms with E-state index in [-0.39, 0.29) is 5.88 Å². The fourth-order valence-corrected chi connectivity index (χ4v) is 4.19. The molecule has 0 radical (unpaired) electrons. The molecule has 160 valence electrons. The first-order chi connectivity index (χ1) is 16.0. The van der Waals surface area contributed by atoms with Crippen LogP contribution < -0.4 is 15.2 Å². The van der Waals surface area contributed by atoms with E-state index < -0.39 is 11.9 Å². The summed E-state index contributed by atoms with van der Waals surface area (Å²) in [6, 6.07) is 27.6. The molecule has 0 aromatic heterocycles. The van der Waals surface area contributed by atoms with E-state index >= 15 is 0 Å². The van der Waals surface area contributed by atoms with E-state index in [9.17, 15) is 10.1 Å². The molecule has 0 saturated carbocycles. The monoisotopic (exact) mass is 452 g/mol. The molecule has 6 heteroatoms. The topological polar surface area (TPSA) is 85.3 Å². The van der Waals surface area contributed by atoms with Crippen molar-refractivity contribution < 1.29 is 14.3 Å². The van der Waals surface area contributed by atoms with Gasteiger partial charge in [0.15, 0.2) is 0 Å². The molecule has 1 unspecified atom stereocenters. The van der Waals surface area contributed by atoms with Crippen LogP contribution in [0.25, 0.3) is 10.8 Å². The number of nitrogens with two attached hydrogens (primary N) is 1. The average molecular weight is 453 g/mol. The molecule has 0 amide bonds. The molecule has 1 aliphatic rings. The number of esters is 1. The minimum atomic E-state index is -0.474. The Labute approximate surface area is 195 Å². The first-order valence-corrected chi connectivity index (χ1v) is 10.6. The number of ether oxygens (including phenoxy) is 2. The van der Waals surface area contributed by atoms with Crippen LogP contribution in [0.5, 0.6) is 11.5 Å². The number of nitrogens with zero attached hydrogens (tertiary/aromatic N) is 1. The second-order valence-electron chi connectivity index (χ2n) is 7.59. The van der Waals surface area contributed by atoms with E-state index in [1.807, 2.05) is 48.5 Å². The van der Waals surface area contributed by atoms with E-state index in [1.165, 1.54) is 0 Å². The predicted octanol–water partition coefficient (Wildman–Crippen LogP) is 5.93. The van der Waals surface area contributed by atoms with Crippen LogP contribution in [-0.2, 0) is 0 Å². The summed E-state index contributed by atoms with van der Waals surface area (Å²) in [5, 5.41) is 12.1. The average Bonchev–Trinajstić information content (AvgIpc) is 2.83. The van der Waals surface area contributed by atoms with E-state index in [2.05, 4.69) is 6.07 Å². The molecule has 0 bridgehead atoms. The molecule has 1 atom stereocenters. The normalized spacial score (nSPS) is 14.8. The third kappa shape index (κ3) is 3.78. The van der Waals surface area contributed by atoms with Gasteiger partial charge in [0.1, 0.15) is 23.1 Å². The summed E-state index contributed by atoms with van der Waals surface area (Å²) in [6.07, 6.45) is 0. The summed E-state index contributed by atoms with van der Waals surface area (Å²) >= 11 is 6.03. The van der Waals surface area contributed by atoms with Crippen LogP contribution in [0.1, 0.15) is 27.4 Å². The molecular weight excluding hydrogens is 436 g/mol. The van der Waals surface area contributed by atoms with Crippen molar-refractivity contribution in [1.82, 2.24) is 0 Å². The maximum absolute atomic E-state index is 12.9. The van der Waals surface area contributed by atoms with Gasteiger partial charge in [-0.3, -0.25) is 0 Å². The Kier molecular flexibility index (Phi) is 5.21. The number of halogens is 1. The van der Waals surface area contributed by atoms with Crippen molar-refractivity contribution in [3.8, 4) is 17.6 Å². The van der Waals surface area contributed by atoms with Crippen LogP contribution in [0.15, 0.2) is 96.4 Å². The Bertz CT molecular complexity index is 1460. The lowest BCUT2D eigenvalue weighted by Gasteiger charge is -2.26. The fraction of sp³-hybridized carbons (Fsp3) is 0.0370. The molecule has 33 heavy (non-hydrogen) atoms. The number of hydrogen-bond acceptors (Lipinski definition) is 5. The first kappa shape index (κ1) is 20.6. The van der Waals surface area contributed by atoms with E-state index in [0.29, 0.717) is 27.7 Å². The molecule has 2 N–H and O–H groups in total. The Morgan fingerprint density at radius 2 is 1.76 bits per heavy atom. The highest BCUT2D eigenvalue weighted by Crippen LogP contribution is 2.43. The summed E-state index contributed by atoms with van der Waals surface area (Å²) in [7, 11) is 0. The maximum atomic E-state index is 12.9. The van der Waals surface area contributed by atoms with Gasteiger partial charge in [0.2, 0.25) is 5.88 Å². The van der Waals surface area contributed by atoms with Crippen molar-refractivity contribution in [2.45, 2.75) is 5.92 Å². The molecule has 0 aliphatic carbocycles. The number of fused-ring (bicyclic) bond motifs is 2. The van der Waals surface area contributed by atoms with Gasteiger partial charge in [-0.15, -0.1) is 0 Å².